The van der Waals surface area contributed by atoms with Gasteiger partial charge in [0, 0.05) is 26.2 Å². The maximum Gasteiger partial charge on any atom is 0.243 e. The molecule has 24 heavy (non-hydrogen) atoms. The summed E-state index contributed by atoms with van der Waals surface area (Å²) in [6, 6.07) is 8.46. The highest BCUT2D eigenvalue weighted by molar-refractivity contribution is 7.89. The Balaban J connectivity index is 1.80. The summed E-state index contributed by atoms with van der Waals surface area (Å²) < 4.78 is 27.0. The number of anilines is 2. The van der Waals surface area contributed by atoms with Gasteiger partial charge in [-0.3, -0.25) is 0 Å². The van der Waals surface area contributed by atoms with Crippen molar-refractivity contribution in [1.82, 2.24) is 14.3 Å². The van der Waals surface area contributed by atoms with E-state index in [2.05, 4.69) is 9.97 Å². The smallest absolute Gasteiger partial charge is 0.243 e. The highest BCUT2D eigenvalue weighted by atomic mass is 35.5. The van der Waals surface area contributed by atoms with Crippen LogP contribution in [0.1, 0.15) is 6.42 Å². The van der Waals surface area contributed by atoms with Crippen LogP contribution in [-0.2, 0) is 10.0 Å². The predicted molar refractivity (Wildman–Crippen MR) is 93.5 cm³/mol. The summed E-state index contributed by atoms with van der Waals surface area (Å²) in [5, 5.41) is 0.303. The number of hydrogen-bond donors (Lipinski definition) is 1. The van der Waals surface area contributed by atoms with Crippen molar-refractivity contribution in [3.63, 3.8) is 0 Å². The first-order valence-corrected chi connectivity index (χ1v) is 9.38. The molecule has 7 nitrogen and oxygen atoms in total. The van der Waals surface area contributed by atoms with Gasteiger partial charge in [-0.2, -0.15) is 4.31 Å². The number of sulfonamides is 1. The van der Waals surface area contributed by atoms with E-state index in [0.717, 1.165) is 0 Å². The first-order valence-electron chi connectivity index (χ1n) is 7.56. The maximum atomic E-state index is 12.7. The number of benzene rings is 1. The Labute approximate surface area is 146 Å². The van der Waals surface area contributed by atoms with E-state index in [4.69, 9.17) is 17.3 Å². The van der Waals surface area contributed by atoms with E-state index < -0.39 is 10.0 Å². The molecule has 2 heterocycles. The van der Waals surface area contributed by atoms with Crippen LogP contribution in [0.4, 0.5) is 11.6 Å². The Morgan fingerprint density at radius 3 is 2.54 bits per heavy atom. The van der Waals surface area contributed by atoms with Crippen molar-refractivity contribution in [1.29, 1.82) is 0 Å². The highest BCUT2D eigenvalue weighted by Gasteiger charge is 2.27. The van der Waals surface area contributed by atoms with Crippen LogP contribution in [0.15, 0.2) is 41.6 Å². The fraction of sp³-hybridized carbons (Fsp3) is 0.333. The van der Waals surface area contributed by atoms with Crippen molar-refractivity contribution in [3.8, 4) is 0 Å². The van der Waals surface area contributed by atoms with Gasteiger partial charge in [0.2, 0.25) is 10.0 Å². The van der Waals surface area contributed by atoms with Crippen molar-refractivity contribution >= 4 is 33.3 Å². The average molecular weight is 368 g/mol. The van der Waals surface area contributed by atoms with E-state index in [1.54, 1.807) is 30.3 Å². The average Bonchev–Trinajstić information content (AvgIpc) is 2.85. The standard InChI is InChI=1S/C15H18ClN5O2S/c16-13-14(17)18-11-19-15(13)20-7-4-8-21(10-9-20)24(22,23)12-5-2-1-3-6-12/h1-3,5-6,11H,4,7-10H2,(H2,17,18,19). The third-order valence-electron chi connectivity index (χ3n) is 3.93. The van der Waals surface area contributed by atoms with Crippen molar-refractivity contribution in [3.05, 3.63) is 41.7 Å². The zero-order valence-corrected chi connectivity index (χ0v) is 14.5. The topological polar surface area (TPSA) is 92.4 Å². The Morgan fingerprint density at radius 2 is 1.79 bits per heavy atom. The second kappa shape index (κ2) is 6.92. The minimum Gasteiger partial charge on any atom is -0.382 e. The van der Waals surface area contributed by atoms with Crippen LogP contribution in [0.25, 0.3) is 0 Å². The lowest BCUT2D eigenvalue weighted by atomic mass is 10.4. The largest absolute Gasteiger partial charge is 0.382 e. The number of halogens is 1. The zero-order chi connectivity index (χ0) is 17.2. The number of nitrogens with zero attached hydrogens (tertiary/aromatic N) is 4. The van der Waals surface area contributed by atoms with Crippen molar-refractivity contribution in [2.75, 3.05) is 36.8 Å². The number of nitrogens with two attached hydrogens (primary N) is 1. The van der Waals surface area contributed by atoms with E-state index in [1.165, 1.54) is 10.6 Å². The molecule has 1 aliphatic rings. The molecule has 1 aromatic carbocycles. The molecule has 2 N–H and O–H groups in total. The van der Waals surface area contributed by atoms with Crippen molar-refractivity contribution in [2.24, 2.45) is 0 Å². The van der Waals surface area contributed by atoms with Gasteiger partial charge in [0.15, 0.2) is 5.82 Å². The lowest BCUT2D eigenvalue weighted by molar-refractivity contribution is 0.433. The minimum atomic E-state index is -3.49. The second-order valence-corrected chi connectivity index (χ2v) is 7.77. The molecule has 9 heteroatoms. The van der Waals surface area contributed by atoms with Crippen molar-refractivity contribution in [2.45, 2.75) is 11.3 Å². The molecular formula is C15H18ClN5O2S. The molecule has 0 bridgehead atoms. The molecule has 0 amide bonds. The molecule has 2 aromatic rings. The van der Waals surface area contributed by atoms with E-state index in [-0.39, 0.29) is 5.82 Å². The first kappa shape index (κ1) is 16.9. The SMILES string of the molecule is Nc1ncnc(N2CCCN(S(=O)(=O)c3ccccc3)CC2)c1Cl. The molecule has 0 saturated carbocycles. The van der Waals surface area contributed by atoms with Gasteiger partial charge in [0.05, 0.1) is 4.90 Å². The third kappa shape index (κ3) is 3.31. The van der Waals surface area contributed by atoms with Crippen LogP contribution in [0.5, 0.6) is 0 Å². The molecule has 0 atom stereocenters. The summed E-state index contributed by atoms with van der Waals surface area (Å²) in [7, 11) is -3.49. The van der Waals surface area contributed by atoms with Crippen LogP contribution in [0.3, 0.4) is 0 Å². The van der Waals surface area contributed by atoms with E-state index in [0.29, 0.717) is 48.3 Å². The summed E-state index contributed by atoms with van der Waals surface area (Å²) in [6.45, 7) is 1.95. The molecule has 0 aliphatic carbocycles. The Bertz CT molecular complexity index is 816. The number of hydrogen-bond acceptors (Lipinski definition) is 6. The molecule has 1 saturated heterocycles. The fourth-order valence-electron chi connectivity index (χ4n) is 2.68. The molecule has 3 rings (SSSR count). The molecule has 0 spiro atoms. The molecule has 1 fully saturated rings. The Hall–Kier alpha value is -1.90. The van der Waals surface area contributed by atoms with Crippen molar-refractivity contribution < 1.29 is 8.42 Å². The van der Waals surface area contributed by atoms with E-state index in [9.17, 15) is 8.42 Å². The summed E-state index contributed by atoms with van der Waals surface area (Å²) >= 11 is 6.18. The molecular weight excluding hydrogens is 350 g/mol. The zero-order valence-electron chi connectivity index (χ0n) is 13.0. The third-order valence-corrected chi connectivity index (χ3v) is 6.21. The van der Waals surface area contributed by atoms with Crippen LogP contribution < -0.4 is 10.6 Å². The second-order valence-electron chi connectivity index (χ2n) is 5.45. The van der Waals surface area contributed by atoms with Gasteiger partial charge in [0.25, 0.3) is 0 Å². The van der Waals surface area contributed by atoms with Gasteiger partial charge in [-0.25, -0.2) is 18.4 Å². The number of nitrogen functional groups attached to an aromatic ring is 1. The van der Waals surface area contributed by atoms with E-state index >= 15 is 0 Å². The molecule has 1 aromatic heterocycles. The minimum absolute atomic E-state index is 0.222. The Kier molecular flexibility index (Phi) is 4.88. The maximum absolute atomic E-state index is 12.7. The lowest BCUT2D eigenvalue weighted by Gasteiger charge is -2.23. The number of rotatable bonds is 3. The first-order chi connectivity index (χ1) is 11.5. The van der Waals surface area contributed by atoms with Gasteiger partial charge in [-0.1, -0.05) is 29.8 Å². The summed E-state index contributed by atoms with van der Waals surface area (Å²) in [5.74, 6) is 0.766. The Morgan fingerprint density at radius 1 is 1.04 bits per heavy atom. The molecule has 0 radical (unpaired) electrons. The van der Waals surface area contributed by atoms with Crippen LogP contribution in [0, 0.1) is 0 Å². The van der Waals surface area contributed by atoms with Crippen LogP contribution >= 0.6 is 11.6 Å². The number of aromatic nitrogens is 2. The van der Waals surface area contributed by atoms with Crippen LogP contribution in [-0.4, -0.2) is 48.9 Å². The van der Waals surface area contributed by atoms with E-state index in [1.807, 2.05) is 4.90 Å². The van der Waals surface area contributed by atoms with Gasteiger partial charge >= 0.3 is 0 Å². The monoisotopic (exact) mass is 367 g/mol. The fourth-order valence-corrected chi connectivity index (χ4v) is 4.39. The van der Waals surface area contributed by atoms with Crippen LogP contribution in [0.2, 0.25) is 5.02 Å². The predicted octanol–water partition coefficient (Wildman–Crippen LogP) is 1.61. The van der Waals surface area contributed by atoms with Gasteiger partial charge in [-0.05, 0) is 18.6 Å². The van der Waals surface area contributed by atoms with Gasteiger partial charge in [0.1, 0.15) is 17.2 Å². The molecule has 0 unspecified atom stereocenters. The van der Waals surface area contributed by atoms with Gasteiger partial charge in [-0.15, -0.1) is 0 Å². The summed E-state index contributed by atoms with van der Waals surface area (Å²) in [6.07, 6.45) is 2.03. The lowest BCUT2D eigenvalue weighted by Crippen LogP contribution is -2.35. The normalized spacial score (nSPS) is 16.8. The molecule has 128 valence electrons. The summed E-state index contributed by atoms with van der Waals surface area (Å²) in [5.41, 5.74) is 5.72. The van der Waals surface area contributed by atoms with Gasteiger partial charge < -0.3 is 10.6 Å². The quantitative estimate of drug-likeness (QED) is 0.886. The molecule has 1 aliphatic heterocycles. The summed E-state index contributed by atoms with van der Waals surface area (Å²) in [4.78, 5) is 10.3. The highest BCUT2D eigenvalue weighted by Crippen LogP contribution is 2.28.